The highest BCUT2D eigenvalue weighted by Crippen LogP contribution is 2.36. The van der Waals surface area contributed by atoms with Crippen molar-refractivity contribution < 1.29 is 24.5 Å². The van der Waals surface area contributed by atoms with Crippen molar-refractivity contribution in [2.24, 2.45) is 4.99 Å². The molecular weight excluding hydrogens is 358 g/mol. The fourth-order valence-electron chi connectivity index (χ4n) is 2.96. The first-order valence-corrected chi connectivity index (χ1v) is 8.51. The highest BCUT2D eigenvalue weighted by Gasteiger charge is 2.15. The van der Waals surface area contributed by atoms with Crippen molar-refractivity contribution in [3.8, 4) is 34.3 Å². The minimum Gasteiger partial charge on any atom is -0.508 e. The lowest BCUT2D eigenvalue weighted by Crippen LogP contribution is -1.85. The highest BCUT2D eigenvalue weighted by molar-refractivity contribution is 6.05. The predicted octanol–water partition coefficient (Wildman–Crippen LogP) is 4.98. The van der Waals surface area contributed by atoms with Gasteiger partial charge in [-0.3, -0.25) is 4.99 Å². The van der Waals surface area contributed by atoms with Crippen LogP contribution < -0.4 is 4.74 Å². The van der Waals surface area contributed by atoms with E-state index in [2.05, 4.69) is 4.99 Å². The topological polar surface area (TPSA) is 95.4 Å². The lowest BCUT2D eigenvalue weighted by molar-refractivity contribution is 0.373. The maximum atomic E-state index is 9.94. The number of aliphatic imine (C=N–C) groups is 1. The van der Waals surface area contributed by atoms with Crippen LogP contribution in [0.4, 0.5) is 5.69 Å². The van der Waals surface area contributed by atoms with Gasteiger partial charge >= 0.3 is 0 Å². The average Bonchev–Trinajstić information content (AvgIpc) is 3.04. The molecule has 0 aliphatic rings. The first-order chi connectivity index (χ1) is 13.5. The van der Waals surface area contributed by atoms with Gasteiger partial charge in [0.05, 0.1) is 12.8 Å². The summed E-state index contributed by atoms with van der Waals surface area (Å²) in [6.45, 7) is 0. The Morgan fingerprint density at radius 2 is 1.64 bits per heavy atom. The van der Waals surface area contributed by atoms with Gasteiger partial charge in [-0.15, -0.1) is 0 Å². The Labute approximate surface area is 160 Å². The lowest BCUT2D eigenvalue weighted by atomic mass is 10.1. The second-order valence-electron chi connectivity index (χ2n) is 6.19. The van der Waals surface area contributed by atoms with E-state index in [1.54, 1.807) is 54.7 Å². The van der Waals surface area contributed by atoms with Crippen LogP contribution in [0.15, 0.2) is 70.1 Å². The maximum Gasteiger partial charge on any atom is 0.160 e. The van der Waals surface area contributed by atoms with Crippen molar-refractivity contribution >= 4 is 22.9 Å². The number of nitrogens with zero attached hydrogens (tertiary/aromatic N) is 1. The van der Waals surface area contributed by atoms with E-state index in [1.807, 2.05) is 0 Å². The summed E-state index contributed by atoms with van der Waals surface area (Å²) >= 11 is 0. The molecule has 4 rings (SSSR count). The zero-order valence-electron chi connectivity index (χ0n) is 15.0. The molecule has 6 heteroatoms. The van der Waals surface area contributed by atoms with Gasteiger partial charge < -0.3 is 24.5 Å². The van der Waals surface area contributed by atoms with Crippen LogP contribution in [-0.4, -0.2) is 28.6 Å². The van der Waals surface area contributed by atoms with Crippen LogP contribution in [0.25, 0.3) is 22.3 Å². The number of hydrogen-bond donors (Lipinski definition) is 3. The smallest absolute Gasteiger partial charge is 0.160 e. The molecule has 0 fully saturated rings. The second-order valence-corrected chi connectivity index (χ2v) is 6.19. The number of phenolic OH excluding ortho intramolecular Hbond substituents is 3. The third-order valence-electron chi connectivity index (χ3n) is 4.35. The van der Waals surface area contributed by atoms with Crippen LogP contribution in [0, 0.1) is 0 Å². The molecule has 3 aromatic carbocycles. The molecule has 1 aromatic heterocycles. The number of benzene rings is 3. The molecule has 0 saturated carbocycles. The van der Waals surface area contributed by atoms with E-state index in [4.69, 9.17) is 9.15 Å². The van der Waals surface area contributed by atoms with E-state index in [1.165, 1.54) is 19.2 Å². The molecule has 0 aliphatic carbocycles. The van der Waals surface area contributed by atoms with Gasteiger partial charge in [-0.25, -0.2) is 0 Å². The van der Waals surface area contributed by atoms with Crippen molar-refractivity contribution in [2.75, 3.05) is 7.11 Å². The molecule has 6 nitrogen and oxygen atoms in total. The summed E-state index contributed by atoms with van der Waals surface area (Å²) in [6, 6.07) is 16.4. The quantitative estimate of drug-likeness (QED) is 0.438. The minimum atomic E-state index is -0.00196. The molecule has 0 spiro atoms. The van der Waals surface area contributed by atoms with Gasteiger partial charge in [-0.05, 0) is 48.5 Å². The average molecular weight is 375 g/mol. The highest BCUT2D eigenvalue weighted by atomic mass is 16.5. The fraction of sp³-hybridized carbons (Fsp3) is 0.0455. The van der Waals surface area contributed by atoms with Gasteiger partial charge in [0.1, 0.15) is 22.8 Å². The summed E-state index contributed by atoms with van der Waals surface area (Å²) in [7, 11) is 1.48. The summed E-state index contributed by atoms with van der Waals surface area (Å²) in [5.41, 5.74) is 2.54. The Morgan fingerprint density at radius 3 is 2.36 bits per heavy atom. The van der Waals surface area contributed by atoms with Gasteiger partial charge in [-0.1, -0.05) is 0 Å². The van der Waals surface area contributed by atoms with Gasteiger partial charge in [0.25, 0.3) is 0 Å². The summed E-state index contributed by atoms with van der Waals surface area (Å²) in [6.07, 6.45) is 1.65. The van der Waals surface area contributed by atoms with Gasteiger partial charge in [0, 0.05) is 34.9 Å². The number of rotatable bonds is 4. The number of methoxy groups -OCH3 is 1. The SMILES string of the molecule is COc1ccc(N=Cc2c(-c3ccc(O)cc3)oc3cc(O)ccc23)cc1O. The van der Waals surface area contributed by atoms with Gasteiger partial charge in [-0.2, -0.15) is 0 Å². The van der Waals surface area contributed by atoms with Crippen LogP contribution in [0.2, 0.25) is 0 Å². The number of fused-ring (bicyclic) bond motifs is 1. The summed E-state index contributed by atoms with van der Waals surface area (Å²) in [5.74, 6) is 1.18. The predicted molar refractivity (Wildman–Crippen MR) is 107 cm³/mol. The largest absolute Gasteiger partial charge is 0.508 e. The number of hydrogen-bond acceptors (Lipinski definition) is 6. The number of aromatic hydroxyl groups is 3. The molecule has 140 valence electrons. The van der Waals surface area contributed by atoms with Crippen molar-refractivity contribution in [3.63, 3.8) is 0 Å². The Kier molecular flexibility index (Phi) is 4.37. The van der Waals surface area contributed by atoms with Crippen LogP contribution >= 0.6 is 0 Å². The number of furan rings is 1. The summed E-state index contributed by atoms with van der Waals surface area (Å²) in [5, 5.41) is 30.0. The molecule has 28 heavy (non-hydrogen) atoms. The van der Waals surface area contributed by atoms with E-state index in [-0.39, 0.29) is 17.2 Å². The lowest BCUT2D eigenvalue weighted by Gasteiger charge is -2.03. The molecule has 0 radical (unpaired) electrons. The van der Waals surface area contributed by atoms with Crippen molar-refractivity contribution in [3.05, 3.63) is 66.2 Å². The molecule has 0 aliphatic heterocycles. The maximum absolute atomic E-state index is 9.94. The third kappa shape index (κ3) is 3.23. The standard InChI is InChI=1S/C22H17NO5/c1-27-20-9-4-14(10-19(20)26)23-12-18-17-8-7-16(25)11-21(17)28-22(18)13-2-5-15(24)6-3-13/h2-12,24-26H,1H3. The van der Waals surface area contributed by atoms with Crippen LogP contribution in [0.5, 0.6) is 23.0 Å². The Bertz CT molecular complexity index is 1180. The molecule has 0 atom stereocenters. The first kappa shape index (κ1) is 17.5. The monoisotopic (exact) mass is 375 g/mol. The Hall–Kier alpha value is -3.93. The minimum absolute atomic E-state index is 0.00196. The zero-order valence-corrected chi connectivity index (χ0v) is 15.0. The Morgan fingerprint density at radius 1 is 0.893 bits per heavy atom. The van der Waals surface area contributed by atoms with E-state index >= 15 is 0 Å². The molecule has 3 N–H and O–H groups in total. The molecule has 0 saturated heterocycles. The Balaban J connectivity index is 1.83. The number of ether oxygens (including phenoxy) is 1. The number of phenols is 3. The molecular formula is C22H17NO5. The first-order valence-electron chi connectivity index (χ1n) is 8.51. The summed E-state index contributed by atoms with van der Waals surface area (Å²) < 4.78 is 11.0. The van der Waals surface area contributed by atoms with Crippen LogP contribution in [-0.2, 0) is 0 Å². The van der Waals surface area contributed by atoms with E-state index in [0.29, 0.717) is 22.8 Å². The molecule has 1 heterocycles. The molecule has 0 unspecified atom stereocenters. The molecule has 0 bridgehead atoms. The molecule has 4 aromatic rings. The normalized spacial score (nSPS) is 11.3. The second kappa shape index (κ2) is 7.00. The van der Waals surface area contributed by atoms with E-state index < -0.39 is 0 Å². The van der Waals surface area contributed by atoms with Crippen molar-refractivity contribution in [1.82, 2.24) is 0 Å². The van der Waals surface area contributed by atoms with Crippen LogP contribution in [0.3, 0.4) is 0 Å². The van der Waals surface area contributed by atoms with Crippen molar-refractivity contribution in [2.45, 2.75) is 0 Å². The van der Waals surface area contributed by atoms with Crippen LogP contribution in [0.1, 0.15) is 5.56 Å². The zero-order chi connectivity index (χ0) is 19.7. The van der Waals surface area contributed by atoms with Gasteiger partial charge in [0.2, 0.25) is 0 Å². The van der Waals surface area contributed by atoms with E-state index in [9.17, 15) is 15.3 Å². The van der Waals surface area contributed by atoms with Gasteiger partial charge in [0.15, 0.2) is 11.5 Å². The third-order valence-corrected chi connectivity index (χ3v) is 4.35. The fourth-order valence-corrected chi connectivity index (χ4v) is 2.96. The van der Waals surface area contributed by atoms with E-state index in [0.717, 1.165) is 16.5 Å². The molecule has 0 amide bonds. The van der Waals surface area contributed by atoms with Crippen molar-refractivity contribution in [1.29, 1.82) is 0 Å². The summed E-state index contributed by atoms with van der Waals surface area (Å²) in [4.78, 5) is 4.45.